The van der Waals surface area contributed by atoms with E-state index < -0.39 is 0 Å². The zero-order valence-electron chi connectivity index (χ0n) is 13.4. The molecule has 0 saturated carbocycles. The number of benzene rings is 2. The number of thiocarbonyl (C=S) groups is 1. The molecule has 1 amide bonds. The summed E-state index contributed by atoms with van der Waals surface area (Å²) in [5.41, 5.74) is 1.39. The van der Waals surface area contributed by atoms with Crippen molar-refractivity contribution in [3.63, 3.8) is 0 Å². The van der Waals surface area contributed by atoms with Crippen LogP contribution in [-0.2, 0) is 7.05 Å². The maximum Gasteiger partial charge on any atom is 0.257 e. The lowest BCUT2D eigenvalue weighted by Gasteiger charge is -2.04. The molecule has 0 aliphatic rings. The highest BCUT2D eigenvalue weighted by molar-refractivity contribution is 7.80. The van der Waals surface area contributed by atoms with Crippen molar-refractivity contribution in [1.29, 1.82) is 0 Å². The van der Waals surface area contributed by atoms with Gasteiger partial charge in [0, 0.05) is 17.6 Å². The van der Waals surface area contributed by atoms with Crippen molar-refractivity contribution >= 4 is 56.4 Å². The van der Waals surface area contributed by atoms with E-state index in [4.69, 9.17) is 28.6 Å². The molecular formula is C17H14ClN3O2S2. The Kier molecular flexibility index (Phi) is 5.17. The Morgan fingerprint density at radius 3 is 2.68 bits per heavy atom. The lowest BCUT2D eigenvalue weighted by Crippen LogP contribution is -2.29. The third-order valence-electron chi connectivity index (χ3n) is 3.53. The number of thiazole rings is 1. The monoisotopic (exact) mass is 391 g/mol. The first-order valence-electron chi connectivity index (χ1n) is 7.27. The SMILES string of the molecule is COc1cccc2sc(=NC(=S)NC(=O)c3ccc(Cl)cc3)n(C)c12. The zero-order valence-corrected chi connectivity index (χ0v) is 15.8. The molecule has 1 heterocycles. The maximum absolute atomic E-state index is 12.2. The first kappa shape index (κ1) is 17.6. The van der Waals surface area contributed by atoms with Gasteiger partial charge in [-0.1, -0.05) is 29.0 Å². The standard InChI is InChI=1S/C17H14ClN3O2S2/c1-21-14-12(23-2)4-3-5-13(14)25-17(21)20-16(24)19-15(22)10-6-8-11(18)9-7-10/h3-9H,1-2H3,(H,19,22,24). The summed E-state index contributed by atoms with van der Waals surface area (Å²) in [5, 5.41) is 3.27. The number of nitrogens with one attached hydrogen (secondary N) is 1. The third-order valence-corrected chi connectivity index (χ3v) is 5.07. The van der Waals surface area contributed by atoms with Crippen LogP contribution in [-0.4, -0.2) is 22.7 Å². The average Bonchev–Trinajstić information content (AvgIpc) is 2.91. The second-order valence-electron chi connectivity index (χ2n) is 5.13. The molecule has 8 heteroatoms. The number of carbonyl (C=O) groups is 1. The Balaban J connectivity index is 1.89. The summed E-state index contributed by atoms with van der Waals surface area (Å²) in [6.45, 7) is 0. The minimum atomic E-state index is -0.327. The Bertz CT molecular complexity index is 1020. The van der Waals surface area contributed by atoms with E-state index in [1.165, 1.54) is 11.3 Å². The molecule has 128 valence electrons. The summed E-state index contributed by atoms with van der Waals surface area (Å²) >= 11 is 12.5. The van der Waals surface area contributed by atoms with Crippen LogP contribution in [0.15, 0.2) is 47.5 Å². The largest absolute Gasteiger partial charge is 0.495 e. The third kappa shape index (κ3) is 3.73. The van der Waals surface area contributed by atoms with Crippen LogP contribution in [0.5, 0.6) is 5.75 Å². The fourth-order valence-corrected chi connectivity index (χ4v) is 3.73. The molecule has 1 aromatic heterocycles. The second-order valence-corrected chi connectivity index (χ2v) is 6.96. The average molecular weight is 392 g/mol. The van der Waals surface area contributed by atoms with Gasteiger partial charge < -0.3 is 9.30 Å². The highest BCUT2D eigenvalue weighted by atomic mass is 35.5. The van der Waals surface area contributed by atoms with E-state index in [-0.39, 0.29) is 11.0 Å². The number of fused-ring (bicyclic) bond motifs is 1. The number of carbonyl (C=O) groups excluding carboxylic acids is 1. The molecule has 3 rings (SSSR count). The van der Waals surface area contributed by atoms with Crippen molar-refractivity contribution < 1.29 is 9.53 Å². The van der Waals surface area contributed by atoms with Crippen molar-refractivity contribution in [1.82, 2.24) is 9.88 Å². The molecule has 0 saturated heterocycles. The van der Waals surface area contributed by atoms with E-state index in [1.807, 2.05) is 29.8 Å². The number of nitrogens with zero attached hydrogens (tertiary/aromatic N) is 2. The molecule has 0 spiro atoms. The number of aryl methyl sites for hydroxylation is 1. The zero-order chi connectivity index (χ0) is 18.0. The normalized spacial score (nSPS) is 11.6. The highest BCUT2D eigenvalue weighted by Gasteiger charge is 2.10. The first-order chi connectivity index (χ1) is 12.0. The first-order valence-corrected chi connectivity index (χ1v) is 8.88. The number of hydrogen-bond donors (Lipinski definition) is 1. The van der Waals surface area contributed by atoms with Gasteiger partial charge in [0.05, 0.1) is 11.8 Å². The topological polar surface area (TPSA) is 55.6 Å². The van der Waals surface area contributed by atoms with Gasteiger partial charge in [0.2, 0.25) is 5.11 Å². The number of halogens is 1. The summed E-state index contributed by atoms with van der Waals surface area (Å²) in [4.78, 5) is 17.2. The van der Waals surface area contributed by atoms with Crippen molar-refractivity contribution in [2.45, 2.75) is 0 Å². The van der Waals surface area contributed by atoms with Crippen LogP contribution >= 0.6 is 35.2 Å². The lowest BCUT2D eigenvalue weighted by atomic mass is 10.2. The molecule has 0 atom stereocenters. The molecule has 0 bridgehead atoms. The summed E-state index contributed by atoms with van der Waals surface area (Å²) in [7, 11) is 3.50. The molecule has 3 aromatic rings. The number of hydrogen-bond acceptors (Lipinski definition) is 4. The van der Waals surface area contributed by atoms with Crippen LogP contribution in [0, 0.1) is 0 Å². The summed E-state index contributed by atoms with van der Waals surface area (Å²) < 4.78 is 8.30. The van der Waals surface area contributed by atoms with Crippen molar-refractivity contribution in [2.24, 2.45) is 12.0 Å². The van der Waals surface area contributed by atoms with Gasteiger partial charge in [-0.2, -0.15) is 4.99 Å². The smallest absolute Gasteiger partial charge is 0.257 e. The van der Waals surface area contributed by atoms with Crippen LogP contribution < -0.4 is 14.9 Å². The number of rotatable bonds is 2. The Morgan fingerprint density at radius 2 is 2.00 bits per heavy atom. The number of amides is 1. The number of aromatic nitrogens is 1. The molecule has 25 heavy (non-hydrogen) atoms. The second kappa shape index (κ2) is 7.35. The summed E-state index contributed by atoms with van der Waals surface area (Å²) in [5.74, 6) is 0.431. The van der Waals surface area contributed by atoms with Gasteiger partial charge in [-0.15, -0.1) is 0 Å². The molecule has 0 aliphatic heterocycles. The van der Waals surface area contributed by atoms with Crippen molar-refractivity contribution in [2.75, 3.05) is 7.11 Å². The van der Waals surface area contributed by atoms with Crippen LogP contribution in [0.1, 0.15) is 10.4 Å². The van der Waals surface area contributed by atoms with Gasteiger partial charge >= 0.3 is 0 Å². The maximum atomic E-state index is 12.2. The van der Waals surface area contributed by atoms with Gasteiger partial charge in [0.25, 0.3) is 5.91 Å². The van der Waals surface area contributed by atoms with E-state index in [1.54, 1.807) is 31.4 Å². The summed E-state index contributed by atoms with van der Waals surface area (Å²) in [6, 6.07) is 12.3. The van der Waals surface area contributed by atoms with Crippen LogP contribution in [0.2, 0.25) is 5.02 Å². The predicted molar refractivity (Wildman–Crippen MR) is 104 cm³/mol. The van der Waals surface area contributed by atoms with Gasteiger partial charge in [-0.3, -0.25) is 10.1 Å². The highest BCUT2D eigenvalue weighted by Crippen LogP contribution is 2.26. The number of ether oxygens (including phenoxy) is 1. The quantitative estimate of drug-likeness (QED) is 0.680. The molecule has 0 radical (unpaired) electrons. The van der Waals surface area contributed by atoms with Crippen molar-refractivity contribution in [3.05, 3.63) is 57.9 Å². The molecule has 0 fully saturated rings. The van der Waals surface area contributed by atoms with Crippen LogP contribution in [0.4, 0.5) is 0 Å². The van der Waals surface area contributed by atoms with Gasteiger partial charge in [0.1, 0.15) is 11.3 Å². The Morgan fingerprint density at radius 1 is 1.28 bits per heavy atom. The molecule has 1 N–H and O–H groups in total. The number of para-hydroxylation sites is 1. The molecule has 2 aromatic carbocycles. The minimum Gasteiger partial charge on any atom is -0.495 e. The Labute approximate surface area is 158 Å². The van der Waals surface area contributed by atoms with Gasteiger partial charge in [-0.05, 0) is 48.6 Å². The molecule has 0 aliphatic carbocycles. The number of methoxy groups -OCH3 is 1. The molecule has 0 unspecified atom stereocenters. The van der Waals surface area contributed by atoms with Gasteiger partial charge in [0.15, 0.2) is 4.80 Å². The predicted octanol–water partition coefficient (Wildman–Crippen LogP) is 3.52. The fraction of sp³-hybridized carbons (Fsp3) is 0.118. The van der Waals surface area contributed by atoms with Crippen LogP contribution in [0.25, 0.3) is 10.2 Å². The van der Waals surface area contributed by atoms with E-state index >= 15 is 0 Å². The van der Waals surface area contributed by atoms with E-state index in [0.29, 0.717) is 15.4 Å². The van der Waals surface area contributed by atoms with Crippen LogP contribution in [0.3, 0.4) is 0 Å². The summed E-state index contributed by atoms with van der Waals surface area (Å²) in [6.07, 6.45) is 0. The van der Waals surface area contributed by atoms with E-state index in [2.05, 4.69) is 10.3 Å². The van der Waals surface area contributed by atoms with Crippen molar-refractivity contribution in [3.8, 4) is 5.75 Å². The lowest BCUT2D eigenvalue weighted by molar-refractivity contribution is 0.0977. The molecule has 5 nitrogen and oxygen atoms in total. The minimum absolute atomic E-state index is 0.0982. The molecular weight excluding hydrogens is 378 g/mol. The van der Waals surface area contributed by atoms with Gasteiger partial charge in [-0.25, -0.2) is 0 Å². The van der Waals surface area contributed by atoms with E-state index in [9.17, 15) is 4.79 Å². The van der Waals surface area contributed by atoms with E-state index in [0.717, 1.165) is 16.0 Å². The Hall–Kier alpha value is -2.22. The fourth-order valence-electron chi connectivity index (χ4n) is 2.33.